The Hall–Kier alpha value is -6.71. The van der Waals surface area contributed by atoms with Crippen molar-refractivity contribution in [1.82, 2.24) is 4.98 Å². The number of fused-ring (bicyclic) bond motifs is 1. The minimum absolute atomic E-state index is 0.205. The number of anilines is 1. The number of carbonyl (C=O) groups excluding carboxylic acids is 1. The fraction of sp³-hybridized carbons (Fsp3) is 0.208. The second-order valence-corrected chi connectivity index (χ2v) is 15.4. The predicted octanol–water partition coefficient (Wildman–Crippen LogP) is 12.6. The number of azo groups is 1. The van der Waals surface area contributed by atoms with E-state index >= 15 is 0 Å². The van der Waals surface area contributed by atoms with Gasteiger partial charge >= 0.3 is 5.97 Å². The zero-order valence-corrected chi connectivity index (χ0v) is 35.2. The summed E-state index contributed by atoms with van der Waals surface area (Å²) in [7, 11) is 5.34. The van der Waals surface area contributed by atoms with Crippen LogP contribution in [0.5, 0.6) is 17.2 Å². The molecule has 0 atom stereocenters. The number of benzene rings is 6. The molecule has 0 aliphatic heterocycles. The van der Waals surface area contributed by atoms with E-state index in [1.807, 2.05) is 73.8 Å². The van der Waals surface area contributed by atoms with Crippen LogP contribution in [0.3, 0.4) is 0 Å². The lowest BCUT2D eigenvalue weighted by atomic mass is 9.80. The number of ether oxygens (including phenoxy) is 4. The van der Waals surface area contributed by atoms with Crippen molar-refractivity contribution in [2.45, 2.75) is 31.3 Å². The van der Waals surface area contributed by atoms with Gasteiger partial charge in [-0.2, -0.15) is 8.78 Å². The molecule has 0 aliphatic carbocycles. The van der Waals surface area contributed by atoms with Crippen molar-refractivity contribution >= 4 is 44.0 Å². The van der Waals surface area contributed by atoms with E-state index in [1.165, 1.54) is 18.2 Å². The van der Waals surface area contributed by atoms with E-state index in [2.05, 4.69) is 61.2 Å². The molecule has 324 valence electrons. The Morgan fingerprint density at radius 2 is 1.24 bits per heavy atom. The van der Waals surface area contributed by atoms with Crippen LogP contribution in [-0.4, -0.2) is 45.4 Å². The van der Waals surface area contributed by atoms with Crippen LogP contribution in [0.25, 0.3) is 10.2 Å². The van der Waals surface area contributed by atoms with E-state index in [0.29, 0.717) is 22.5 Å². The summed E-state index contributed by atoms with van der Waals surface area (Å²) in [5.74, 6) is -12.8. The lowest BCUT2D eigenvalue weighted by Crippen LogP contribution is -2.33. The molecule has 1 aromatic heterocycles. The summed E-state index contributed by atoms with van der Waals surface area (Å²) in [5.41, 5.74) is 3.98. The maximum Gasteiger partial charge on any atom is 0.343 e. The second kappa shape index (κ2) is 20.0. The molecule has 7 aromatic rings. The number of thiazole rings is 1. The van der Waals surface area contributed by atoms with Gasteiger partial charge < -0.3 is 23.8 Å². The van der Waals surface area contributed by atoms with Gasteiger partial charge in [0.2, 0.25) is 40.0 Å². The van der Waals surface area contributed by atoms with Gasteiger partial charge in [0, 0.05) is 25.9 Å². The smallest absolute Gasteiger partial charge is 0.343 e. The Morgan fingerprint density at radius 1 is 0.667 bits per heavy atom. The highest BCUT2D eigenvalue weighted by Crippen LogP contribution is 2.42. The molecule has 0 saturated heterocycles. The van der Waals surface area contributed by atoms with E-state index in [1.54, 1.807) is 14.2 Å². The number of methoxy groups -OCH3 is 2. The molecule has 0 amide bonds. The molecule has 9 nitrogen and oxygen atoms in total. The Kier molecular flexibility index (Phi) is 14.1. The topological polar surface area (TPSA) is 94.8 Å². The van der Waals surface area contributed by atoms with Crippen LogP contribution in [-0.2, 0) is 10.3 Å². The van der Waals surface area contributed by atoms with Crippen LogP contribution in [0.15, 0.2) is 132 Å². The zero-order chi connectivity index (χ0) is 44.5. The van der Waals surface area contributed by atoms with Gasteiger partial charge in [-0.3, -0.25) is 0 Å². The Balaban J connectivity index is 0.915. The van der Waals surface area contributed by atoms with Crippen molar-refractivity contribution in [3.8, 4) is 17.2 Å². The average Bonchev–Trinajstić information content (AvgIpc) is 3.75. The van der Waals surface area contributed by atoms with Gasteiger partial charge in [0.05, 0.1) is 35.7 Å². The Bertz CT molecular complexity index is 2620. The van der Waals surface area contributed by atoms with Crippen molar-refractivity contribution in [3.05, 3.63) is 173 Å². The number of halogens is 5. The molecular formula is C48H41F5N4O5S. The van der Waals surface area contributed by atoms with Gasteiger partial charge in [0.15, 0.2) is 0 Å². The maximum absolute atomic E-state index is 14.1. The molecular weight excluding hydrogens is 840 g/mol. The first kappa shape index (κ1) is 44.3. The third-order valence-electron chi connectivity index (χ3n) is 10.4. The van der Waals surface area contributed by atoms with Gasteiger partial charge in [0.1, 0.15) is 17.1 Å². The lowest BCUT2D eigenvalue weighted by molar-refractivity contribution is 0.0106. The highest BCUT2D eigenvalue weighted by Gasteiger charge is 2.38. The molecule has 0 radical (unpaired) electrons. The van der Waals surface area contributed by atoms with E-state index < -0.39 is 46.4 Å². The summed E-state index contributed by atoms with van der Waals surface area (Å²) in [6, 6.07) is 37.8. The van der Waals surface area contributed by atoms with Gasteiger partial charge in [-0.05, 0) is 96.3 Å². The van der Waals surface area contributed by atoms with Crippen molar-refractivity contribution in [3.63, 3.8) is 0 Å². The lowest BCUT2D eigenvalue weighted by Gasteiger charge is -2.36. The standard InChI is InChI=1S/C48H41F5N4O5S/c1-57(27-9-4-5-10-28-61-48(31-11-7-6-8-12-31,32-14-22-36(59-2)23-15-32)33-16-24-37(60-3)25-17-33)35-20-18-34(19-21-35)55-56-47-54-38-26-13-30(29-39(38)63-47)46(58)62-45-43(52)41(50)40(49)42(51)44(45)53/h6-8,11-26,29H,4-5,9-10,27-28H2,1-3H3/b56-55+. The number of hydrogen-bond acceptors (Lipinski definition) is 10. The summed E-state index contributed by atoms with van der Waals surface area (Å²) in [6.07, 6.45) is 3.85. The first-order chi connectivity index (χ1) is 30.5. The molecule has 0 bridgehead atoms. The molecule has 0 unspecified atom stereocenters. The zero-order valence-electron chi connectivity index (χ0n) is 34.4. The minimum Gasteiger partial charge on any atom is -0.497 e. The van der Waals surface area contributed by atoms with Crippen molar-refractivity contribution in [2.24, 2.45) is 10.2 Å². The quantitative estimate of drug-likeness (QED) is 0.0124. The number of esters is 1. The summed E-state index contributed by atoms with van der Waals surface area (Å²) in [5, 5.41) is 8.75. The summed E-state index contributed by atoms with van der Waals surface area (Å²) in [6.45, 7) is 1.39. The van der Waals surface area contributed by atoms with E-state index in [-0.39, 0.29) is 10.7 Å². The molecule has 6 aromatic carbocycles. The Labute approximate surface area is 364 Å². The normalized spacial score (nSPS) is 11.6. The third-order valence-corrected chi connectivity index (χ3v) is 11.3. The van der Waals surface area contributed by atoms with Crippen LogP contribution < -0.4 is 19.1 Å². The average molecular weight is 881 g/mol. The van der Waals surface area contributed by atoms with Gasteiger partial charge in [0.25, 0.3) is 0 Å². The molecule has 0 saturated carbocycles. The van der Waals surface area contributed by atoms with Crippen molar-refractivity contribution in [1.29, 1.82) is 0 Å². The second-order valence-electron chi connectivity index (χ2n) is 14.4. The number of hydrogen-bond donors (Lipinski definition) is 0. The molecule has 63 heavy (non-hydrogen) atoms. The van der Waals surface area contributed by atoms with Gasteiger partial charge in [-0.1, -0.05) is 78.8 Å². The first-order valence-corrected chi connectivity index (χ1v) is 20.7. The van der Waals surface area contributed by atoms with E-state index in [4.69, 9.17) is 14.2 Å². The van der Waals surface area contributed by atoms with Crippen LogP contribution in [0.1, 0.15) is 52.7 Å². The predicted molar refractivity (Wildman–Crippen MR) is 231 cm³/mol. The van der Waals surface area contributed by atoms with Crippen molar-refractivity contribution < 1.29 is 45.7 Å². The molecule has 0 fully saturated rings. The molecule has 15 heteroatoms. The fourth-order valence-electron chi connectivity index (χ4n) is 7.02. The van der Waals surface area contributed by atoms with Crippen LogP contribution in [0, 0.1) is 29.1 Å². The van der Waals surface area contributed by atoms with E-state index in [0.717, 1.165) is 77.4 Å². The van der Waals surface area contributed by atoms with Gasteiger partial charge in [-0.25, -0.2) is 22.9 Å². The molecule has 0 aliphatic rings. The molecule has 7 rings (SSSR count). The monoisotopic (exact) mass is 880 g/mol. The number of carbonyl (C=O) groups is 1. The fourth-order valence-corrected chi connectivity index (χ4v) is 7.84. The third kappa shape index (κ3) is 9.84. The van der Waals surface area contributed by atoms with Crippen LogP contribution >= 0.6 is 11.3 Å². The van der Waals surface area contributed by atoms with Gasteiger partial charge in [-0.15, -0.1) is 10.2 Å². The van der Waals surface area contributed by atoms with Crippen molar-refractivity contribution in [2.75, 3.05) is 39.3 Å². The number of rotatable bonds is 18. The number of unbranched alkanes of at least 4 members (excludes halogenated alkanes) is 3. The Morgan fingerprint density at radius 3 is 1.84 bits per heavy atom. The number of aromatic nitrogens is 1. The SMILES string of the molecule is COc1ccc(C(OCCCCCCN(C)c2ccc(/N=N/c3nc4ccc(C(=O)Oc5c(F)c(F)c(F)c(F)c5F)cc4s3)cc2)(c2ccccc2)c2ccc(OC)cc2)cc1. The molecule has 0 N–H and O–H groups in total. The van der Waals surface area contributed by atoms with Crippen LogP contribution in [0.4, 0.5) is 38.5 Å². The number of nitrogens with zero attached hydrogens (tertiary/aromatic N) is 4. The van der Waals surface area contributed by atoms with Crippen LogP contribution in [0.2, 0.25) is 0 Å². The molecule has 0 spiro atoms. The highest BCUT2D eigenvalue weighted by molar-refractivity contribution is 7.21. The first-order valence-electron chi connectivity index (χ1n) is 19.9. The summed E-state index contributed by atoms with van der Waals surface area (Å²) >= 11 is 1.07. The summed E-state index contributed by atoms with van der Waals surface area (Å²) in [4.78, 5) is 19.1. The highest BCUT2D eigenvalue weighted by atomic mass is 32.1. The van der Waals surface area contributed by atoms with E-state index in [9.17, 15) is 26.7 Å². The minimum atomic E-state index is -2.36. The molecule has 1 heterocycles. The summed E-state index contributed by atoms with van der Waals surface area (Å²) < 4.78 is 91.6. The maximum atomic E-state index is 14.1. The largest absolute Gasteiger partial charge is 0.497 e.